The van der Waals surface area contributed by atoms with Crippen LogP contribution >= 0.6 is 0 Å². The molecule has 20 heavy (non-hydrogen) atoms. The molecule has 3 amide bonds. The third-order valence-corrected chi connectivity index (χ3v) is 2.75. The Balaban J connectivity index is 2.65. The van der Waals surface area contributed by atoms with E-state index in [0.29, 0.717) is 12.1 Å². The van der Waals surface area contributed by atoms with Gasteiger partial charge < -0.3 is 15.5 Å². The first-order valence-corrected chi connectivity index (χ1v) is 6.23. The molecule has 0 aliphatic carbocycles. The summed E-state index contributed by atoms with van der Waals surface area (Å²) in [4.78, 5) is 35.4. The normalized spacial score (nSPS) is 9.75. The summed E-state index contributed by atoms with van der Waals surface area (Å²) in [7, 11) is 3.10. The van der Waals surface area contributed by atoms with Gasteiger partial charge in [0.25, 0.3) is 5.91 Å². The van der Waals surface area contributed by atoms with Crippen molar-refractivity contribution in [2.75, 3.05) is 20.6 Å². The van der Waals surface area contributed by atoms with Gasteiger partial charge >= 0.3 is 0 Å². The second-order valence-corrected chi connectivity index (χ2v) is 4.44. The summed E-state index contributed by atoms with van der Waals surface area (Å²) in [5.74, 6) is -0.543. The number of hydrogen-bond acceptors (Lipinski definition) is 3. The highest BCUT2D eigenvalue weighted by Gasteiger charge is 2.13. The lowest BCUT2D eigenvalue weighted by atomic mass is 10.1. The Hall–Kier alpha value is -2.37. The van der Waals surface area contributed by atoms with Crippen LogP contribution in [0.15, 0.2) is 24.3 Å². The van der Waals surface area contributed by atoms with E-state index in [0.717, 1.165) is 5.56 Å². The Labute approximate surface area is 118 Å². The molecule has 0 aliphatic rings. The maximum absolute atomic E-state index is 12.0. The smallest absolute Gasteiger partial charge is 0.254 e. The molecule has 2 N–H and O–H groups in total. The lowest BCUT2D eigenvalue weighted by Gasteiger charge is -2.16. The van der Waals surface area contributed by atoms with Crippen LogP contribution < -0.4 is 10.6 Å². The van der Waals surface area contributed by atoms with Gasteiger partial charge in [0.2, 0.25) is 11.8 Å². The summed E-state index contributed by atoms with van der Waals surface area (Å²) in [6.45, 7) is 1.90. The molecule has 0 atom stereocenters. The van der Waals surface area contributed by atoms with Gasteiger partial charge in [-0.15, -0.1) is 0 Å². The lowest BCUT2D eigenvalue weighted by molar-refractivity contribution is -0.121. The van der Waals surface area contributed by atoms with E-state index in [1.165, 1.54) is 18.9 Å². The summed E-state index contributed by atoms with van der Waals surface area (Å²) in [6, 6.07) is 6.91. The Kier molecular flexibility index (Phi) is 5.71. The molecule has 0 aromatic heterocycles. The molecule has 0 heterocycles. The van der Waals surface area contributed by atoms with Crippen LogP contribution in [0.1, 0.15) is 22.8 Å². The number of carbonyl (C=O) groups is 3. The van der Waals surface area contributed by atoms with E-state index in [2.05, 4.69) is 10.6 Å². The number of rotatable bonds is 5. The lowest BCUT2D eigenvalue weighted by Crippen LogP contribution is -2.36. The summed E-state index contributed by atoms with van der Waals surface area (Å²) in [6.07, 6.45) is 0. The highest BCUT2D eigenvalue weighted by atomic mass is 16.2. The van der Waals surface area contributed by atoms with Crippen molar-refractivity contribution >= 4 is 17.7 Å². The number of hydrogen-bond donors (Lipinski definition) is 2. The Morgan fingerprint density at radius 2 is 1.75 bits per heavy atom. The third kappa shape index (κ3) is 4.72. The fraction of sp³-hybridized carbons (Fsp3) is 0.357. The molecule has 6 nitrogen and oxygen atoms in total. The predicted octanol–water partition coefficient (Wildman–Crippen LogP) is 0.141. The van der Waals surface area contributed by atoms with Crippen LogP contribution in [-0.4, -0.2) is 43.3 Å². The zero-order valence-corrected chi connectivity index (χ0v) is 11.9. The van der Waals surface area contributed by atoms with Crippen molar-refractivity contribution in [1.29, 1.82) is 0 Å². The molecule has 0 spiro atoms. The summed E-state index contributed by atoms with van der Waals surface area (Å²) in [5.41, 5.74) is 1.41. The van der Waals surface area contributed by atoms with Gasteiger partial charge in [-0.05, 0) is 17.7 Å². The largest absolute Gasteiger partial charge is 0.358 e. The summed E-state index contributed by atoms with van der Waals surface area (Å²) in [5, 5.41) is 5.15. The minimum absolute atomic E-state index is 0.0168. The van der Waals surface area contributed by atoms with Crippen molar-refractivity contribution in [1.82, 2.24) is 15.5 Å². The highest BCUT2D eigenvalue weighted by molar-refractivity contribution is 5.96. The molecule has 1 aromatic carbocycles. The van der Waals surface area contributed by atoms with Crippen molar-refractivity contribution in [3.05, 3.63) is 35.4 Å². The van der Waals surface area contributed by atoms with Crippen LogP contribution in [0.3, 0.4) is 0 Å². The molecule has 6 heteroatoms. The summed E-state index contributed by atoms with van der Waals surface area (Å²) < 4.78 is 0. The number of benzene rings is 1. The second-order valence-electron chi connectivity index (χ2n) is 4.44. The minimum Gasteiger partial charge on any atom is -0.358 e. The number of amides is 3. The van der Waals surface area contributed by atoms with E-state index >= 15 is 0 Å². The predicted molar refractivity (Wildman–Crippen MR) is 75.0 cm³/mol. The van der Waals surface area contributed by atoms with E-state index in [1.54, 1.807) is 31.3 Å². The van der Waals surface area contributed by atoms with Gasteiger partial charge in [-0.2, -0.15) is 0 Å². The zero-order valence-electron chi connectivity index (χ0n) is 11.9. The van der Waals surface area contributed by atoms with E-state index < -0.39 is 0 Å². The van der Waals surface area contributed by atoms with Crippen LogP contribution in [-0.2, 0) is 16.1 Å². The standard InChI is InChI=1S/C14H19N3O3/c1-10(18)16-8-11-4-6-12(7-5-11)14(20)17(3)9-13(19)15-2/h4-7H,8-9H2,1-3H3,(H,15,19)(H,16,18). The van der Waals surface area contributed by atoms with Gasteiger partial charge in [-0.3, -0.25) is 14.4 Å². The van der Waals surface area contributed by atoms with Gasteiger partial charge in [-0.25, -0.2) is 0 Å². The van der Waals surface area contributed by atoms with Gasteiger partial charge in [0.05, 0.1) is 6.54 Å². The monoisotopic (exact) mass is 277 g/mol. The molecule has 0 bridgehead atoms. The number of carbonyl (C=O) groups excluding carboxylic acids is 3. The molecular formula is C14H19N3O3. The molecular weight excluding hydrogens is 258 g/mol. The SMILES string of the molecule is CNC(=O)CN(C)C(=O)c1ccc(CNC(C)=O)cc1. The molecule has 1 rings (SSSR count). The molecule has 0 unspecified atom stereocenters. The summed E-state index contributed by atoms with van der Waals surface area (Å²) >= 11 is 0. The first-order chi connectivity index (χ1) is 9.43. The minimum atomic E-state index is -0.223. The van der Waals surface area contributed by atoms with Crippen molar-refractivity contribution in [3.63, 3.8) is 0 Å². The topological polar surface area (TPSA) is 78.5 Å². The maximum atomic E-state index is 12.0. The van der Waals surface area contributed by atoms with Crippen molar-refractivity contribution < 1.29 is 14.4 Å². The van der Waals surface area contributed by atoms with E-state index in [9.17, 15) is 14.4 Å². The van der Waals surface area contributed by atoms with Crippen LogP contribution in [0.5, 0.6) is 0 Å². The third-order valence-electron chi connectivity index (χ3n) is 2.75. The molecule has 0 aliphatic heterocycles. The van der Waals surface area contributed by atoms with Gasteiger partial charge in [-0.1, -0.05) is 12.1 Å². The number of likely N-dealkylation sites (N-methyl/N-ethyl adjacent to an activating group) is 2. The first kappa shape index (κ1) is 15.7. The van der Waals surface area contributed by atoms with Crippen molar-refractivity contribution in [3.8, 4) is 0 Å². The molecule has 0 saturated heterocycles. The maximum Gasteiger partial charge on any atom is 0.254 e. The van der Waals surface area contributed by atoms with E-state index in [-0.39, 0.29) is 24.3 Å². The van der Waals surface area contributed by atoms with Crippen molar-refractivity contribution in [2.24, 2.45) is 0 Å². The Bertz CT molecular complexity index is 497. The number of nitrogens with zero attached hydrogens (tertiary/aromatic N) is 1. The second kappa shape index (κ2) is 7.28. The quantitative estimate of drug-likeness (QED) is 0.803. The molecule has 0 saturated carbocycles. The average Bonchev–Trinajstić information content (AvgIpc) is 2.44. The fourth-order valence-electron chi connectivity index (χ4n) is 1.58. The van der Waals surface area contributed by atoms with Crippen LogP contribution in [0.25, 0.3) is 0 Å². The molecule has 0 fully saturated rings. The highest BCUT2D eigenvalue weighted by Crippen LogP contribution is 2.07. The van der Waals surface area contributed by atoms with Crippen LogP contribution in [0.2, 0.25) is 0 Å². The van der Waals surface area contributed by atoms with Gasteiger partial charge in [0.15, 0.2) is 0 Å². The Morgan fingerprint density at radius 1 is 1.15 bits per heavy atom. The zero-order chi connectivity index (χ0) is 15.1. The first-order valence-electron chi connectivity index (χ1n) is 6.23. The fourth-order valence-corrected chi connectivity index (χ4v) is 1.58. The van der Waals surface area contributed by atoms with Crippen molar-refractivity contribution in [2.45, 2.75) is 13.5 Å². The van der Waals surface area contributed by atoms with Gasteiger partial charge in [0, 0.05) is 33.1 Å². The molecule has 108 valence electrons. The van der Waals surface area contributed by atoms with Crippen LogP contribution in [0, 0.1) is 0 Å². The average molecular weight is 277 g/mol. The van der Waals surface area contributed by atoms with Gasteiger partial charge in [0.1, 0.15) is 0 Å². The molecule has 0 radical (unpaired) electrons. The number of nitrogens with one attached hydrogen (secondary N) is 2. The van der Waals surface area contributed by atoms with E-state index in [1.807, 2.05) is 0 Å². The Morgan fingerprint density at radius 3 is 2.25 bits per heavy atom. The van der Waals surface area contributed by atoms with E-state index in [4.69, 9.17) is 0 Å². The van der Waals surface area contributed by atoms with Crippen LogP contribution in [0.4, 0.5) is 0 Å². The molecule has 1 aromatic rings.